The molecule has 30 heavy (non-hydrogen) atoms. The Kier molecular flexibility index (Phi) is 10.7. The number of hydrogen-bond acceptors (Lipinski definition) is 4. The number of carbonyl (C=O) groups excluding carboxylic acids is 1. The Morgan fingerprint density at radius 3 is 2.83 bits per heavy atom. The van der Waals surface area contributed by atoms with E-state index in [1.165, 1.54) is 12.8 Å². The maximum atomic E-state index is 12.7. The van der Waals surface area contributed by atoms with E-state index in [9.17, 15) is 4.79 Å². The van der Waals surface area contributed by atoms with Gasteiger partial charge in [0.15, 0.2) is 5.96 Å². The molecule has 0 bridgehead atoms. The van der Waals surface area contributed by atoms with E-state index in [2.05, 4.69) is 29.5 Å². The minimum atomic E-state index is 0. The van der Waals surface area contributed by atoms with Crippen LogP contribution in [0.5, 0.6) is 5.88 Å². The molecule has 7 nitrogen and oxygen atoms in total. The van der Waals surface area contributed by atoms with Crippen LogP contribution in [0.25, 0.3) is 0 Å². The fourth-order valence-corrected chi connectivity index (χ4v) is 4.06. The quantitative estimate of drug-likeness (QED) is 0.307. The van der Waals surface area contributed by atoms with E-state index in [-0.39, 0.29) is 35.9 Å². The molecule has 3 rings (SSSR count). The topological polar surface area (TPSA) is 78.9 Å². The lowest BCUT2D eigenvalue weighted by Crippen LogP contribution is -2.45. The summed E-state index contributed by atoms with van der Waals surface area (Å²) in [6, 6.07) is 4.15. The first-order chi connectivity index (χ1) is 14.2. The van der Waals surface area contributed by atoms with Gasteiger partial charge in [-0.15, -0.1) is 24.0 Å². The molecule has 1 aliphatic carbocycles. The number of halogens is 1. The molecule has 1 amide bonds. The predicted molar refractivity (Wildman–Crippen MR) is 130 cm³/mol. The van der Waals surface area contributed by atoms with Gasteiger partial charge in [-0.3, -0.25) is 4.79 Å². The van der Waals surface area contributed by atoms with Gasteiger partial charge in [-0.05, 0) is 38.7 Å². The summed E-state index contributed by atoms with van der Waals surface area (Å²) in [5, 5.41) is 6.82. The van der Waals surface area contributed by atoms with Crippen LogP contribution < -0.4 is 15.4 Å². The monoisotopic (exact) mass is 529 g/mol. The molecule has 0 spiro atoms. The van der Waals surface area contributed by atoms with Gasteiger partial charge < -0.3 is 20.3 Å². The molecule has 0 radical (unpaired) electrons. The number of hydrogen-bond donors (Lipinski definition) is 2. The second-order valence-electron chi connectivity index (χ2n) is 7.91. The molecule has 1 unspecified atom stereocenters. The zero-order chi connectivity index (χ0) is 20.5. The van der Waals surface area contributed by atoms with E-state index in [0.717, 1.165) is 56.8 Å². The highest BCUT2D eigenvalue weighted by molar-refractivity contribution is 14.0. The van der Waals surface area contributed by atoms with Crippen molar-refractivity contribution in [2.24, 2.45) is 10.9 Å². The van der Waals surface area contributed by atoms with Crippen molar-refractivity contribution in [3.05, 3.63) is 23.9 Å². The minimum absolute atomic E-state index is 0. The van der Waals surface area contributed by atoms with Crippen LogP contribution in [0.4, 0.5) is 0 Å². The van der Waals surface area contributed by atoms with E-state index in [1.807, 2.05) is 17.0 Å². The average molecular weight is 529 g/mol. The van der Waals surface area contributed by atoms with Crippen molar-refractivity contribution in [3.8, 4) is 5.88 Å². The second kappa shape index (κ2) is 13.0. The Balaban J connectivity index is 0.00000320. The van der Waals surface area contributed by atoms with Gasteiger partial charge in [0.2, 0.25) is 11.8 Å². The molecular weight excluding hydrogens is 493 g/mol. The molecule has 168 valence electrons. The number of carbonyl (C=O) groups is 1. The van der Waals surface area contributed by atoms with E-state index < -0.39 is 0 Å². The summed E-state index contributed by atoms with van der Waals surface area (Å²) < 4.78 is 5.74. The van der Waals surface area contributed by atoms with E-state index in [0.29, 0.717) is 24.9 Å². The number of nitrogens with one attached hydrogen (secondary N) is 2. The van der Waals surface area contributed by atoms with Gasteiger partial charge in [0.05, 0.1) is 13.2 Å². The third-order valence-electron chi connectivity index (χ3n) is 5.59. The molecule has 1 atom stereocenters. The lowest BCUT2D eigenvalue weighted by Gasteiger charge is -2.21. The number of rotatable bonds is 8. The molecule has 1 saturated carbocycles. The van der Waals surface area contributed by atoms with Gasteiger partial charge >= 0.3 is 0 Å². The first-order valence-corrected chi connectivity index (χ1v) is 11.1. The molecule has 2 aliphatic rings. The zero-order valence-electron chi connectivity index (χ0n) is 18.2. The Morgan fingerprint density at radius 2 is 2.10 bits per heavy atom. The fourth-order valence-electron chi connectivity index (χ4n) is 4.06. The van der Waals surface area contributed by atoms with E-state index in [1.54, 1.807) is 6.20 Å². The maximum Gasteiger partial charge on any atom is 0.225 e. The normalized spacial score (nSPS) is 19.5. The van der Waals surface area contributed by atoms with Crippen LogP contribution in [-0.2, 0) is 11.3 Å². The van der Waals surface area contributed by atoms with Gasteiger partial charge in [-0.1, -0.05) is 25.8 Å². The molecule has 2 fully saturated rings. The average Bonchev–Trinajstić information content (AvgIpc) is 3.43. The van der Waals surface area contributed by atoms with E-state index in [4.69, 9.17) is 9.73 Å². The van der Waals surface area contributed by atoms with Crippen molar-refractivity contribution < 1.29 is 9.53 Å². The van der Waals surface area contributed by atoms with Crippen molar-refractivity contribution in [3.63, 3.8) is 0 Å². The van der Waals surface area contributed by atoms with Crippen molar-refractivity contribution in [1.82, 2.24) is 20.5 Å². The third-order valence-corrected chi connectivity index (χ3v) is 5.59. The summed E-state index contributed by atoms with van der Waals surface area (Å²) in [5.74, 6) is 2.03. The van der Waals surface area contributed by atoms with Crippen molar-refractivity contribution >= 4 is 35.8 Å². The number of pyridine rings is 1. The Hall–Kier alpha value is -1.58. The molecule has 2 N–H and O–H groups in total. The largest absolute Gasteiger partial charge is 0.477 e. The molecule has 2 heterocycles. The van der Waals surface area contributed by atoms with Crippen molar-refractivity contribution in [1.29, 1.82) is 0 Å². The third kappa shape index (κ3) is 6.99. The highest BCUT2D eigenvalue weighted by atomic mass is 127. The number of aliphatic imine (C=N–C) groups is 1. The SMILES string of the molecule is CCCOc1ncccc1CN=C(NCC)NC1CCN(C(=O)C2CCCC2)C1.I. The number of ether oxygens (including phenoxy) is 1. The van der Waals surface area contributed by atoms with Crippen LogP contribution in [0.2, 0.25) is 0 Å². The fraction of sp³-hybridized carbons (Fsp3) is 0.682. The molecular formula is C22H36IN5O2. The minimum Gasteiger partial charge on any atom is -0.477 e. The van der Waals surface area contributed by atoms with Crippen LogP contribution in [0.3, 0.4) is 0 Å². The lowest BCUT2D eigenvalue weighted by atomic mass is 10.1. The maximum absolute atomic E-state index is 12.7. The summed E-state index contributed by atoms with van der Waals surface area (Å²) in [6.07, 6.45) is 8.16. The highest BCUT2D eigenvalue weighted by Gasteiger charge is 2.32. The van der Waals surface area contributed by atoms with Gasteiger partial charge in [-0.25, -0.2) is 9.98 Å². The second-order valence-corrected chi connectivity index (χ2v) is 7.91. The predicted octanol–water partition coefficient (Wildman–Crippen LogP) is 3.33. The molecule has 0 aromatic carbocycles. The van der Waals surface area contributed by atoms with Crippen LogP contribution in [0.1, 0.15) is 57.9 Å². The Labute approximate surface area is 197 Å². The van der Waals surface area contributed by atoms with Crippen LogP contribution >= 0.6 is 24.0 Å². The molecule has 1 aliphatic heterocycles. The van der Waals surface area contributed by atoms with Gasteiger partial charge in [0.1, 0.15) is 0 Å². The van der Waals surface area contributed by atoms with Crippen LogP contribution in [0.15, 0.2) is 23.3 Å². The number of nitrogens with zero attached hydrogens (tertiary/aromatic N) is 3. The zero-order valence-corrected chi connectivity index (χ0v) is 20.6. The van der Waals surface area contributed by atoms with Crippen LogP contribution in [0, 0.1) is 5.92 Å². The summed E-state index contributed by atoms with van der Waals surface area (Å²) in [6.45, 7) is 7.67. The number of amides is 1. The first-order valence-electron chi connectivity index (χ1n) is 11.1. The standard InChI is InChI=1S/C22H35N5O2.HI/c1-3-14-29-20-18(10-7-12-24-20)15-25-22(23-4-2)26-19-11-13-27(16-19)21(28)17-8-5-6-9-17;/h7,10,12,17,19H,3-6,8-9,11,13-16H2,1-2H3,(H2,23,25,26);1H. The van der Waals surface area contributed by atoms with Crippen molar-refractivity contribution in [2.75, 3.05) is 26.2 Å². The molecule has 1 saturated heterocycles. The van der Waals surface area contributed by atoms with Gasteiger partial charge in [0, 0.05) is 43.4 Å². The highest BCUT2D eigenvalue weighted by Crippen LogP contribution is 2.27. The smallest absolute Gasteiger partial charge is 0.225 e. The summed E-state index contributed by atoms with van der Waals surface area (Å²) in [7, 11) is 0. The van der Waals surface area contributed by atoms with Crippen LogP contribution in [-0.4, -0.2) is 54.0 Å². The van der Waals surface area contributed by atoms with Gasteiger partial charge in [0.25, 0.3) is 0 Å². The number of likely N-dealkylation sites (tertiary alicyclic amines) is 1. The van der Waals surface area contributed by atoms with Crippen molar-refractivity contribution in [2.45, 2.75) is 65.0 Å². The molecule has 1 aromatic rings. The lowest BCUT2D eigenvalue weighted by molar-refractivity contribution is -0.134. The Bertz CT molecular complexity index is 694. The Morgan fingerprint density at radius 1 is 1.30 bits per heavy atom. The van der Waals surface area contributed by atoms with E-state index >= 15 is 0 Å². The summed E-state index contributed by atoms with van der Waals surface area (Å²) in [5.41, 5.74) is 0.975. The number of aromatic nitrogens is 1. The molecule has 1 aromatic heterocycles. The number of guanidine groups is 1. The first kappa shape index (κ1) is 24.7. The summed E-state index contributed by atoms with van der Waals surface area (Å²) >= 11 is 0. The van der Waals surface area contributed by atoms with Gasteiger partial charge in [-0.2, -0.15) is 0 Å². The summed E-state index contributed by atoms with van der Waals surface area (Å²) in [4.78, 5) is 23.8. The molecule has 8 heteroatoms.